The molecule has 0 aliphatic heterocycles. The normalized spacial score (nSPS) is 13.5. The van der Waals surface area contributed by atoms with Gasteiger partial charge >= 0.3 is 0 Å². The molecule has 80 valence electrons. The molecule has 0 spiro atoms. The van der Waals surface area contributed by atoms with E-state index in [2.05, 4.69) is 34.8 Å². The Bertz CT molecular complexity index is 272. The van der Waals surface area contributed by atoms with Gasteiger partial charge in [0.25, 0.3) is 0 Å². The van der Waals surface area contributed by atoms with E-state index in [0.29, 0.717) is 5.92 Å². The van der Waals surface area contributed by atoms with Gasteiger partial charge in [0.05, 0.1) is 6.26 Å². The molecule has 0 radical (unpaired) electrons. The molecule has 0 saturated carbocycles. The Morgan fingerprint density at radius 2 is 2.29 bits per heavy atom. The first-order valence-electron chi connectivity index (χ1n) is 4.91. The average molecular weight is 260 g/mol. The maximum Gasteiger partial charge on any atom is 0.105 e. The van der Waals surface area contributed by atoms with Crippen LogP contribution < -0.4 is 0 Å². The van der Waals surface area contributed by atoms with Crippen molar-refractivity contribution in [3.8, 4) is 0 Å². The van der Waals surface area contributed by atoms with Crippen molar-refractivity contribution >= 4 is 15.9 Å². The second-order valence-electron chi connectivity index (χ2n) is 3.96. The minimum atomic E-state index is 0.687. The third kappa shape index (κ3) is 3.46. The Labute approximate surface area is 94.4 Å². The van der Waals surface area contributed by atoms with Gasteiger partial charge in [0, 0.05) is 24.0 Å². The van der Waals surface area contributed by atoms with Gasteiger partial charge in [0.15, 0.2) is 0 Å². The summed E-state index contributed by atoms with van der Waals surface area (Å²) in [5.41, 5.74) is 1.29. The summed E-state index contributed by atoms with van der Waals surface area (Å²) in [5.74, 6) is 1.72. The zero-order chi connectivity index (χ0) is 10.6. The van der Waals surface area contributed by atoms with Gasteiger partial charge in [0.2, 0.25) is 0 Å². The van der Waals surface area contributed by atoms with Crippen LogP contribution in [0.3, 0.4) is 0 Å². The van der Waals surface area contributed by atoms with Crippen molar-refractivity contribution in [3.63, 3.8) is 0 Å². The van der Waals surface area contributed by atoms with Crippen LogP contribution in [0.25, 0.3) is 0 Å². The highest BCUT2D eigenvalue weighted by atomic mass is 79.9. The first-order chi connectivity index (χ1) is 6.63. The van der Waals surface area contributed by atoms with Gasteiger partial charge in [0.1, 0.15) is 5.76 Å². The number of hydrogen-bond acceptors (Lipinski definition) is 2. The summed E-state index contributed by atoms with van der Waals surface area (Å²) in [5, 5.41) is 1.06. The summed E-state index contributed by atoms with van der Waals surface area (Å²) < 4.78 is 5.26. The smallest absolute Gasteiger partial charge is 0.105 e. The molecule has 1 heterocycles. The number of alkyl halides is 1. The molecular formula is C11H18BrNO. The Morgan fingerprint density at radius 1 is 1.57 bits per heavy atom. The third-order valence-electron chi connectivity index (χ3n) is 2.29. The maximum atomic E-state index is 5.26. The Kier molecular flexibility index (Phi) is 4.69. The van der Waals surface area contributed by atoms with E-state index in [-0.39, 0.29) is 0 Å². The van der Waals surface area contributed by atoms with E-state index in [0.717, 1.165) is 24.2 Å². The lowest BCUT2D eigenvalue weighted by atomic mass is 10.2. The number of hydrogen-bond donors (Lipinski definition) is 0. The fraction of sp³-hybridized carbons (Fsp3) is 0.636. The van der Waals surface area contributed by atoms with Crippen molar-refractivity contribution in [2.75, 3.05) is 18.9 Å². The molecular weight excluding hydrogens is 242 g/mol. The van der Waals surface area contributed by atoms with Crippen LogP contribution in [0.2, 0.25) is 0 Å². The fourth-order valence-corrected chi connectivity index (χ4v) is 1.72. The van der Waals surface area contributed by atoms with Crippen LogP contribution in [0.4, 0.5) is 0 Å². The highest BCUT2D eigenvalue weighted by molar-refractivity contribution is 9.09. The van der Waals surface area contributed by atoms with Gasteiger partial charge < -0.3 is 9.32 Å². The summed E-state index contributed by atoms with van der Waals surface area (Å²) in [7, 11) is 2.14. The monoisotopic (exact) mass is 259 g/mol. The van der Waals surface area contributed by atoms with E-state index in [1.54, 1.807) is 6.26 Å². The van der Waals surface area contributed by atoms with E-state index in [1.807, 2.05) is 13.0 Å². The van der Waals surface area contributed by atoms with Crippen LogP contribution >= 0.6 is 15.9 Å². The molecule has 0 aromatic carbocycles. The van der Waals surface area contributed by atoms with E-state index >= 15 is 0 Å². The van der Waals surface area contributed by atoms with E-state index in [4.69, 9.17) is 4.42 Å². The second kappa shape index (κ2) is 5.56. The predicted molar refractivity (Wildman–Crippen MR) is 62.7 cm³/mol. The SMILES string of the molecule is Cc1occc1CN(C)CC(C)CBr. The van der Waals surface area contributed by atoms with Crippen LogP contribution in [0.15, 0.2) is 16.7 Å². The van der Waals surface area contributed by atoms with Gasteiger partial charge in [-0.25, -0.2) is 0 Å². The number of halogens is 1. The quantitative estimate of drug-likeness (QED) is 0.756. The topological polar surface area (TPSA) is 16.4 Å². The molecule has 0 aliphatic rings. The fourth-order valence-electron chi connectivity index (χ4n) is 1.51. The summed E-state index contributed by atoms with van der Waals surface area (Å²) in [6, 6.07) is 2.05. The lowest BCUT2D eigenvalue weighted by Gasteiger charge is -2.19. The molecule has 1 rings (SSSR count). The van der Waals surface area contributed by atoms with Crippen molar-refractivity contribution in [1.29, 1.82) is 0 Å². The van der Waals surface area contributed by atoms with Crippen LogP contribution in [0, 0.1) is 12.8 Å². The van der Waals surface area contributed by atoms with Crippen LogP contribution in [-0.2, 0) is 6.54 Å². The van der Waals surface area contributed by atoms with Crippen molar-refractivity contribution in [1.82, 2.24) is 4.90 Å². The summed E-state index contributed by atoms with van der Waals surface area (Å²) in [6.07, 6.45) is 1.76. The molecule has 0 aliphatic carbocycles. The lowest BCUT2D eigenvalue weighted by molar-refractivity contribution is 0.289. The van der Waals surface area contributed by atoms with Gasteiger partial charge in [-0.2, -0.15) is 0 Å². The maximum absolute atomic E-state index is 5.26. The second-order valence-corrected chi connectivity index (χ2v) is 4.61. The zero-order valence-corrected chi connectivity index (χ0v) is 10.7. The van der Waals surface area contributed by atoms with Crippen LogP contribution in [0.1, 0.15) is 18.2 Å². The molecule has 0 amide bonds. The van der Waals surface area contributed by atoms with Crippen molar-refractivity contribution in [2.45, 2.75) is 20.4 Å². The Hall–Kier alpha value is -0.280. The minimum Gasteiger partial charge on any atom is -0.469 e. The molecule has 3 heteroatoms. The lowest BCUT2D eigenvalue weighted by Crippen LogP contribution is -2.24. The van der Waals surface area contributed by atoms with Crippen molar-refractivity contribution in [3.05, 3.63) is 23.7 Å². The molecule has 1 aromatic rings. The summed E-state index contributed by atoms with van der Waals surface area (Å²) >= 11 is 3.49. The molecule has 14 heavy (non-hydrogen) atoms. The first-order valence-corrected chi connectivity index (χ1v) is 6.03. The average Bonchev–Trinajstić information content (AvgIpc) is 2.51. The number of nitrogens with zero attached hydrogens (tertiary/aromatic N) is 1. The zero-order valence-electron chi connectivity index (χ0n) is 9.09. The van der Waals surface area contributed by atoms with Crippen LogP contribution in [0.5, 0.6) is 0 Å². The third-order valence-corrected chi connectivity index (χ3v) is 3.40. The van der Waals surface area contributed by atoms with E-state index < -0.39 is 0 Å². The molecule has 1 atom stereocenters. The van der Waals surface area contributed by atoms with Crippen molar-refractivity contribution < 1.29 is 4.42 Å². The van der Waals surface area contributed by atoms with Gasteiger partial charge in [-0.15, -0.1) is 0 Å². The molecule has 0 fully saturated rings. The van der Waals surface area contributed by atoms with Crippen LogP contribution in [-0.4, -0.2) is 23.8 Å². The first kappa shape index (κ1) is 11.8. The molecule has 0 bridgehead atoms. The van der Waals surface area contributed by atoms with Crippen molar-refractivity contribution in [2.24, 2.45) is 5.92 Å². The largest absolute Gasteiger partial charge is 0.469 e. The minimum absolute atomic E-state index is 0.687. The Balaban J connectivity index is 2.41. The summed E-state index contributed by atoms with van der Waals surface area (Å²) in [4.78, 5) is 2.32. The van der Waals surface area contributed by atoms with Gasteiger partial charge in [-0.1, -0.05) is 22.9 Å². The highest BCUT2D eigenvalue weighted by Gasteiger charge is 2.08. The highest BCUT2D eigenvalue weighted by Crippen LogP contribution is 2.12. The number of aryl methyl sites for hydroxylation is 1. The molecule has 0 N–H and O–H groups in total. The predicted octanol–water partition coefficient (Wildman–Crippen LogP) is 3.05. The van der Waals surface area contributed by atoms with E-state index in [9.17, 15) is 0 Å². The Morgan fingerprint density at radius 3 is 2.79 bits per heavy atom. The number of rotatable bonds is 5. The van der Waals surface area contributed by atoms with Gasteiger partial charge in [-0.3, -0.25) is 0 Å². The van der Waals surface area contributed by atoms with E-state index in [1.165, 1.54) is 5.56 Å². The molecule has 1 unspecified atom stereocenters. The molecule has 1 aromatic heterocycles. The van der Waals surface area contributed by atoms with Gasteiger partial charge in [-0.05, 0) is 26.0 Å². The molecule has 2 nitrogen and oxygen atoms in total. The summed E-state index contributed by atoms with van der Waals surface area (Å²) in [6.45, 7) is 6.33. The standard InChI is InChI=1S/C11H18BrNO/c1-9(6-12)7-13(3)8-11-4-5-14-10(11)2/h4-5,9H,6-8H2,1-3H3. The number of furan rings is 1. The molecule has 0 saturated heterocycles.